The maximum Gasteiger partial charge on any atom is 0.0831 e. The van der Waals surface area contributed by atoms with Gasteiger partial charge in [0.1, 0.15) is 0 Å². The van der Waals surface area contributed by atoms with Crippen LogP contribution in [0, 0.1) is 0 Å². The van der Waals surface area contributed by atoms with Gasteiger partial charge in [0.15, 0.2) is 0 Å². The van der Waals surface area contributed by atoms with Crippen LogP contribution in [0.2, 0.25) is 5.02 Å². The molecule has 2 nitrogen and oxygen atoms in total. The normalized spacial score (nSPS) is 16.8. The van der Waals surface area contributed by atoms with Crippen LogP contribution in [0.4, 0.5) is 5.69 Å². The topological polar surface area (TPSA) is 15.6 Å². The summed E-state index contributed by atoms with van der Waals surface area (Å²) in [6.45, 7) is 0. The van der Waals surface area contributed by atoms with Crippen LogP contribution in [0.25, 0.3) is 0 Å². The molecule has 0 saturated heterocycles. The van der Waals surface area contributed by atoms with Gasteiger partial charge in [-0.25, -0.2) is 0 Å². The van der Waals surface area contributed by atoms with Crippen LogP contribution >= 0.6 is 27.5 Å². The summed E-state index contributed by atoms with van der Waals surface area (Å²) in [4.78, 5) is 0. The van der Waals surface area contributed by atoms with Gasteiger partial charge in [-0.3, -0.25) is 5.01 Å². The van der Waals surface area contributed by atoms with Crippen LogP contribution in [-0.2, 0) is 0 Å². The van der Waals surface area contributed by atoms with E-state index in [1.807, 2.05) is 24.3 Å². The molecule has 1 unspecified atom stereocenters. The molecule has 4 heteroatoms. The highest BCUT2D eigenvalue weighted by atomic mass is 79.9. The Morgan fingerprint density at radius 1 is 0.920 bits per heavy atom. The highest BCUT2D eigenvalue weighted by molar-refractivity contribution is 9.10. The number of anilines is 1. The number of hydrazone groups is 1. The van der Waals surface area contributed by atoms with Gasteiger partial charge in [0.05, 0.1) is 17.4 Å². The van der Waals surface area contributed by atoms with Crippen molar-refractivity contribution in [2.75, 3.05) is 5.01 Å². The molecule has 0 saturated carbocycles. The predicted molar refractivity (Wildman–Crippen MR) is 108 cm³/mol. The van der Waals surface area contributed by atoms with Gasteiger partial charge in [-0.1, -0.05) is 76.1 Å². The summed E-state index contributed by atoms with van der Waals surface area (Å²) in [5.41, 5.74) is 4.49. The van der Waals surface area contributed by atoms with Gasteiger partial charge in [-0.05, 0) is 41.5 Å². The minimum absolute atomic E-state index is 0.165. The molecule has 4 rings (SSSR count). The van der Waals surface area contributed by atoms with Crippen LogP contribution in [0.15, 0.2) is 88.4 Å². The molecule has 1 heterocycles. The van der Waals surface area contributed by atoms with Gasteiger partial charge in [0.25, 0.3) is 0 Å². The second-order valence-electron chi connectivity index (χ2n) is 6.01. The first-order chi connectivity index (χ1) is 12.2. The van der Waals surface area contributed by atoms with E-state index in [1.54, 1.807) is 0 Å². The van der Waals surface area contributed by atoms with Crippen molar-refractivity contribution in [3.63, 3.8) is 0 Å². The third-order valence-electron chi connectivity index (χ3n) is 4.34. The summed E-state index contributed by atoms with van der Waals surface area (Å²) < 4.78 is 1.07. The minimum atomic E-state index is 0.165. The number of hydrogen-bond acceptors (Lipinski definition) is 2. The van der Waals surface area contributed by atoms with E-state index in [-0.39, 0.29) is 6.04 Å². The molecule has 3 aromatic rings. The van der Waals surface area contributed by atoms with Gasteiger partial charge in [-0.15, -0.1) is 0 Å². The molecule has 0 bridgehead atoms. The number of benzene rings is 3. The van der Waals surface area contributed by atoms with E-state index in [1.165, 1.54) is 5.56 Å². The molecular weight excluding hydrogens is 396 g/mol. The van der Waals surface area contributed by atoms with E-state index in [9.17, 15) is 0 Å². The SMILES string of the molecule is Clc1cccc(N2N=C(c3ccc(Br)cc3)CC2c2ccccc2)c1. The lowest BCUT2D eigenvalue weighted by molar-refractivity contribution is 0.709. The highest BCUT2D eigenvalue weighted by Gasteiger charge is 2.29. The standard InChI is InChI=1S/C21H16BrClN2/c22-17-11-9-15(10-12-17)20-14-21(16-5-2-1-3-6-16)25(24-20)19-8-4-7-18(23)13-19/h1-13,21H,14H2. The zero-order chi connectivity index (χ0) is 17.2. The zero-order valence-corrected chi connectivity index (χ0v) is 15.8. The fourth-order valence-corrected chi connectivity index (χ4v) is 3.57. The Balaban J connectivity index is 1.76. The van der Waals surface area contributed by atoms with Crippen molar-refractivity contribution in [1.82, 2.24) is 0 Å². The fraction of sp³-hybridized carbons (Fsp3) is 0.0952. The summed E-state index contributed by atoms with van der Waals surface area (Å²) in [5, 5.41) is 7.73. The Morgan fingerprint density at radius 2 is 1.68 bits per heavy atom. The van der Waals surface area contributed by atoms with E-state index >= 15 is 0 Å². The van der Waals surface area contributed by atoms with E-state index < -0.39 is 0 Å². The molecule has 0 amide bonds. The first-order valence-corrected chi connectivity index (χ1v) is 9.31. The maximum absolute atomic E-state index is 6.21. The Morgan fingerprint density at radius 3 is 2.40 bits per heavy atom. The Labute approximate surface area is 160 Å². The molecule has 0 aromatic heterocycles. The Kier molecular flexibility index (Phi) is 4.60. The van der Waals surface area contributed by atoms with Crippen molar-refractivity contribution in [3.05, 3.63) is 99.5 Å². The van der Waals surface area contributed by atoms with Gasteiger partial charge in [0, 0.05) is 15.9 Å². The van der Waals surface area contributed by atoms with Crippen LogP contribution in [0.3, 0.4) is 0 Å². The van der Waals surface area contributed by atoms with Gasteiger partial charge < -0.3 is 0 Å². The number of hydrogen-bond donors (Lipinski definition) is 0. The third-order valence-corrected chi connectivity index (χ3v) is 5.11. The molecular formula is C21H16BrClN2. The molecule has 1 atom stereocenters. The summed E-state index contributed by atoms with van der Waals surface area (Å²) in [6.07, 6.45) is 0.859. The maximum atomic E-state index is 6.21. The van der Waals surface area contributed by atoms with E-state index in [2.05, 4.69) is 75.5 Å². The molecule has 1 aliphatic heterocycles. The van der Waals surface area contributed by atoms with Crippen LogP contribution in [-0.4, -0.2) is 5.71 Å². The van der Waals surface area contributed by atoms with Crippen molar-refractivity contribution >= 4 is 38.9 Å². The molecule has 0 aliphatic carbocycles. The number of rotatable bonds is 3. The summed E-state index contributed by atoms with van der Waals surface area (Å²) >= 11 is 9.70. The average molecular weight is 412 g/mol. The first-order valence-electron chi connectivity index (χ1n) is 8.14. The van der Waals surface area contributed by atoms with Gasteiger partial charge in [-0.2, -0.15) is 5.10 Å². The van der Waals surface area contributed by atoms with E-state index in [0.717, 1.165) is 32.9 Å². The van der Waals surface area contributed by atoms with Crippen molar-refractivity contribution in [3.8, 4) is 0 Å². The quantitative estimate of drug-likeness (QED) is 0.483. The lowest BCUT2D eigenvalue weighted by Gasteiger charge is -2.24. The van der Waals surface area contributed by atoms with Gasteiger partial charge >= 0.3 is 0 Å². The monoisotopic (exact) mass is 410 g/mol. The van der Waals surface area contributed by atoms with Crippen LogP contribution < -0.4 is 5.01 Å². The van der Waals surface area contributed by atoms with Crippen molar-refractivity contribution in [2.24, 2.45) is 5.10 Å². The predicted octanol–water partition coefficient (Wildman–Crippen LogP) is 6.46. The van der Waals surface area contributed by atoms with Crippen molar-refractivity contribution in [2.45, 2.75) is 12.5 Å². The molecule has 0 N–H and O–H groups in total. The van der Waals surface area contributed by atoms with E-state index in [0.29, 0.717) is 0 Å². The molecule has 3 aromatic carbocycles. The first kappa shape index (κ1) is 16.4. The number of halogens is 2. The van der Waals surface area contributed by atoms with Crippen LogP contribution in [0.1, 0.15) is 23.6 Å². The fourth-order valence-electron chi connectivity index (χ4n) is 3.12. The molecule has 0 radical (unpaired) electrons. The third kappa shape index (κ3) is 3.48. The number of nitrogens with zero attached hydrogens (tertiary/aromatic N) is 2. The molecule has 0 spiro atoms. The largest absolute Gasteiger partial charge is 0.257 e. The van der Waals surface area contributed by atoms with Gasteiger partial charge in [0.2, 0.25) is 0 Å². The summed E-state index contributed by atoms with van der Waals surface area (Å²) in [6, 6.07) is 26.8. The second kappa shape index (κ2) is 7.03. The molecule has 124 valence electrons. The molecule has 25 heavy (non-hydrogen) atoms. The van der Waals surface area contributed by atoms with Crippen LogP contribution in [0.5, 0.6) is 0 Å². The molecule has 1 aliphatic rings. The van der Waals surface area contributed by atoms with E-state index in [4.69, 9.17) is 16.7 Å². The Hall–Kier alpha value is -2.10. The highest BCUT2D eigenvalue weighted by Crippen LogP contribution is 2.37. The lowest BCUT2D eigenvalue weighted by atomic mass is 9.98. The second-order valence-corrected chi connectivity index (χ2v) is 7.36. The smallest absolute Gasteiger partial charge is 0.0831 e. The lowest BCUT2D eigenvalue weighted by Crippen LogP contribution is -2.18. The zero-order valence-electron chi connectivity index (χ0n) is 13.4. The minimum Gasteiger partial charge on any atom is -0.257 e. The summed E-state index contributed by atoms with van der Waals surface area (Å²) in [7, 11) is 0. The van der Waals surface area contributed by atoms with Crippen molar-refractivity contribution in [1.29, 1.82) is 0 Å². The average Bonchev–Trinajstić information content (AvgIpc) is 3.08. The summed E-state index contributed by atoms with van der Waals surface area (Å²) in [5.74, 6) is 0. The Bertz CT molecular complexity index is 907. The van der Waals surface area contributed by atoms with Crippen molar-refractivity contribution < 1.29 is 0 Å². The molecule has 0 fully saturated rings.